The van der Waals surface area contributed by atoms with Crippen molar-refractivity contribution in [1.29, 1.82) is 0 Å². The number of nitrogens with zero attached hydrogens (tertiary/aromatic N) is 2. The second-order valence-corrected chi connectivity index (χ2v) is 7.44. The number of halogens is 1. The van der Waals surface area contributed by atoms with E-state index in [1.807, 2.05) is 42.6 Å². The zero-order valence-electron chi connectivity index (χ0n) is 14.0. The van der Waals surface area contributed by atoms with Crippen LogP contribution in [0.25, 0.3) is 10.9 Å². The van der Waals surface area contributed by atoms with Crippen molar-refractivity contribution in [3.63, 3.8) is 0 Å². The van der Waals surface area contributed by atoms with E-state index in [9.17, 15) is 0 Å². The van der Waals surface area contributed by atoms with Gasteiger partial charge >= 0.3 is 0 Å². The molecule has 0 bridgehead atoms. The first-order chi connectivity index (χ1) is 12.7. The van der Waals surface area contributed by atoms with Gasteiger partial charge in [0.1, 0.15) is 0 Å². The van der Waals surface area contributed by atoms with E-state index >= 15 is 0 Å². The number of thioether (sulfide) groups is 1. The summed E-state index contributed by atoms with van der Waals surface area (Å²) in [6.07, 6.45) is 2.77. The Bertz CT molecular complexity index is 1010. The average Bonchev–Trinajstić information content (AvgIpc) is 3.29. The first kappa shape index (κ1) is 17.1. The largest absolute Gasteiger partial charge is 0.410 e. The Morgan fingerprint density at radius 3 is 2.77 bits per heavy atom. The van der Waals surface area contributed by atoms with Crippen LogP contribution in [0.1, 0.15) is 23.1 Å². The van der Waals surface area contributed by atoms with E-state index in [1.54, 1.807) is 0 Å². The molecule has 1 unspecified atom stereocenters. The fourth-order valence-electron chi connectivity index (χ4n) is 2.82. The molecule has 1 atom stereocenters. The number of para-hydroxylation sites is 1. The van der Waals surface area contributed by atoms with Gasteiger partial charge in [0.25, 0.3) is 11.1 Å². The van der Waals surface area contributed by atoms with Crippen molar-refractivity contribution in [3.8, 4) is 0 Å². The predicted octanol–water partition coefficient (Wildman–Crippen LogP) is 4.02. The number of hydrogen-bond acceptors (Lipinski definition) is 4. The van der Waals surface area contributed by atoms with Crippen LogP contribution in [0, 0.1) is 0 Å². The summed E-state index contributed by atoms with van der Waals surface area (Å²) < 4.78 is 5.79. The minimum Gasteiger partial charge on any atom is -0.410 e. The maximum absolute atomic E-state index is 5.90. The highest BCUT2D eigenvalue weighted by molar-refractivity contribution is 7.98. The monoisotopic (exact) mass is 385 g/mol. The Kier molecular flexibility index (Phi) is 4.97. The van der Waals surface area contributed by atoms with E-state index in [0.717, 1.165) is 28.3 Å². The minimum absolute atomic E-state index is 0.0911. The zero-order chi connectivity index (χ0) is 17.9. The standard InChI is InChI=1S/C19H17ClN4OS/c20-14-7-5-12(6-8-14)11-26-19-24-23-18(25-19)16(21)9-13-10-22-17-4-2-1-3-15(13)17/h1-8,10,16,22H,9,11,21H2/p+1. The third-order valence-electron chi connectivity index (χ3n) is 4.19. The van der Waals surface area contributed by atoms with Gasteiger partial charge in [0.15, 0.2) is 6.04 Å². The number of fused-ring (bicyclic) bond motifs is 1. The summed E-state index contributed by atoms with van der Waals surface area (Å²) in [4.78, 5) is 3.28. The first-order valence-corrected chi connectivity index (χ1v) is 9.64. The molecule has 7 heteroatoms. The van der Waals surface area contributed by atoms with E-state index in [4.69, 9.17) is 16.0 Å². The van der Waals surface area contributed by atoms with Crippen molar-refractivity contribution >= 4 is 34.3 Å². The Morgan fingerprint density at radius 2 is 1.92 bits per heavy atom. The van der Waals surface area contributed by atoms with Crippen LogP contribution in [0.3, 0.4) is 0 Å². The summed E-state index contributed by atoms with van der Waals surface area (Å²) in [5.74, 6) is 1.32. The Labute approximate surface area is 159 Å². The summed E-state index contributed by atoms with van der Waals surface area (Å²) in [7, 11) is 0. The highest BCUT2D eigenvalue weighted by atomic mass is 35.5. The Balaban J connectivity index is 1.41. The molecule has 0 aliphatic rings. The molecule has 0 fully saturated rings. The Hall–Kier alpha value is -2.28. The highest BCUT2D eigenvalue weighted by Gasteiger charge is 2.20. The molecule has 0 spiro atoms. The van der Waals surface area contributed by atoms with Crippen LogP contribution in [0.4, 0.5) is 0 Å². The average molecular weight is 386 g/mol. The molecule has 4 aromatic rings. The molecule has 4 rings (SSSR count). The van der Waals surface area contributed by atoms with Gasteiger partial charge < -0.3 is 15.1 Å². The van der Waals surface area contributed by atoms with E-state index in [1.165, 1.54) is 22.7 Å². The van der Waals surface area contributed by atoms with Gasteiger partial charge in [0.2, 0.25) is 0 Å². The highest BCUT2D eigenvalue weighted by Crippen LogP contribution is 2.26. The fourth-order valence-corrected chi connectivity index (χ4v) is 3.67. The number of aromatic nitrogens is 3. The van der Waals surface area contributed by atoms with Crippen molar-refractivity contribution < 1.29 is 10.2 Å². The van der Waals surface area contributed by atoms with Gasteiger partial charge in [0.05, 0.1) is 0 Å². The van der Waals surface area contributed by atoms with Crippen molar-refractivity contribution in [1.82, 2.24) is 15.2 Å². The maximum Gasteiger partial charge on any atom is 0.277 e. The molecular formula is C19H18ClN4OS+. The van der Waals surface area contributed by atoms with Crippen LogP contribution in [-0.4, -0.2) is 15.2 Å². The lowest BCUT2D eigenvalue weighted by Crippen LogP contribution is -2.54. The van der Waals surface area contributed by atoms with Crippen molar-refractivity contribution in [2.45, 2.75) is 23.4 Å². The molecule has 0 saturated heterocycles. The van der Waals surface area contributed by atoms with Gasteiger partial charge in [-0.3, -0.25) is 0 Å². The quantitative estimate of drug-likeness (QED) is 0.491. The fraction of sp³-hybridized carbons (Fsp3) is 0.158. The van der Waals surface area contributed by atoms with Crippen LogP contribution >= 0.6 is 23.4 Å². The van der Waals surface area contributed by atoms with Crippen LogP contribution < -0.4 is 5.73 Å². The van der Waals surface area contributed by atoms with Crippen LogP contribution in [0.15, 0.2) is 64.4 Å². The van der Waals surface area contributed by atoms with Crippen molar-refractivity contribution in [2.75, 3.05) is 0 Å². The summed E-state index contributed by atoms with van der Waals surface area (Å²) in [5, 5.41) is 10.8. The van der Waals surface area contributed by atoms with E-state index in [2.05, 4.69) is 33.0 Å². The lowest BCUT2D eigenvalue weighted by molar-refractivity contribution is -0.431. The number of H-pyrrole nitrogens is 1. The number of nitrogens with one attached hydrogen (secondary N) is 1. The summed E-state index contributed by atoms with van der Waals surface area (Å²) in [6, 6.07) is 15.9. The van der Waals surface area contributed by atoms with Gasteiger partial charge in [-0.1, -0.05) is 53.7 Å². The lowest BCUT2D eigenvalue weighted by atomic mass is 10.1. The summed E-state index contributed by atoms with van der Waals surface area (Å²) >= 11 is 7.42. The second kappa shape index (κ2) is 7.53. The van der Waals surface area contributed by atoms with Gasteiger partial charge in [-0.15, -0.1) is 10.2 Å². The van der Waals surface area contributed by atoms with Crippen LogP contribution in [-0.2, 0) is 12.2 Å². The predicted molar refractivity (Wildman–Crippen MR) is 103 cm³/mol. The molecule has 2 aromatic carbocycles. The molecule has 4 N–H and O–H groups in total. The molecule has 26 heavy (non-hydrogen) atoms. The summed E-state index contributed by atoms with van der Waals surface area (Å²) in [6.45, 7) is 0. The van der Waals surface area contributed by atoms with E-state index < -0.39 is 0 Å². The molecule has 132 valence electrons. The Morgan fingerprint density at radius 1 is 1.12 bits per heavy atom. The normalized spacial score (nSPS) is 12.5. The van der Waals surface area contributed by atoms with Gasteiger partial charge in [-0.25, -0.2) is 0 Å². The van der Waals surface area contributed by atoms with Crippen molar-refractivity contribution in [3.05, 3.63) is 76.8 Å². The molecule has 2 heterocycles. The molecule has 5 nitrogen and oxygen atoms in total. The number of rotatable bonds is 6. The van der Waals surface area contributed by atoms with E-state index in [-0.39, 0.29) is 6.04 Å². The minimum atomic E-state index is -0.0911. The number of quaternary nitrogens is 1. The SMILES string of the molecule is [NH3+]C(Cc1c[nH]c2ccccc12)c1nnc(SCc2ccc(Cl)cc2)o1. The molecule has 0 aliphatic carbocycles. The van der Waals surface area contributed by atoms with Gasteiger partial charge in [0, 0.05) is 34.3 Å². The molecule has 2 aromatic heterocycles. The van der Waals surface area contributed by atoms with Gasteiger partial charge in [-0.05, 0) is 29.3 Å². The zero-order valence-corrected chi connectivity index (χ0v) is 15.6. The number of aromatic amines is 1. The molecule has 0 aliphatic heterocycles. The topological polar surface area (TPSA) is 82.4 Å². The van der Waals surface area contributed by atoms with E-state index in [0.29, 0.717) is 11.1 Å². The maximum atomic E-state index is 5.90. The molecule has 0 radical (unpaired) electrons. The number of benzene rings is 2. The third kappa shape index (κ3) is 3.77. The molecule has 0 amide bonds. The molecular weight excluding hydrogens is 368 g/mol. The van der Waals surface area contributed by atoms with Crippen LogP contribution in [0.2, 0.25) is 5.02 Å². The second-order valence-electron chi connectivity index (χ2n) is 6.08. The first-order valence-electron chi connectivity index (χ1n) is 8.28. The third-order valence-corrected chi connectivity index (χ3v) is 5.33. The lowest BCUT2D eigenvalue weighted by Gasteiger charge is -2.03. The number of hydrogen-bond donors (Lipinski definition) is 2. The van der Waals surface area contributed by atoms with Gasteiger partial charge in [-0.2, -0.15) is 0 Å². The smallest absolute Gasteiger partial charge is 0.277 e. The van der Waals surface area contributed by atoms with Crippen LogP contribution in [0.5, 0.6) is 0 Å². The van der Waals surface area contributed by atoms with Crippen molar-refractivity contribution in [2.24, 2.45) is 0 Å². The summed E-state index contributed by atoms with van der Waals surface area (Å²) in [5.41, 5.74) is 7.68. The molecule has 0 saturated carbocycles.